The zero-order valence-corrected chi connectivity index (χ0v) is 13.3. The van der Waals surface area contributed by atoms with Crippen molar-refractivity contribution in [3.8, 4) is 5.75 Å². The Morgan fingerprint density at radius 2 is 2.05 bits per heavy atom. The number of hydrogen-bond acceptors (Lipinski definition) is 5. The lowest BCUT2D eigenvalue weighted by atomic mass is 10.2. The highest BCUT2D eigenvalue weighted by Crippen LogP contribution is 2.17. The van der Waals surface area contributed by atoms with Crippen LogP contribution in [0.2, 0.25) is 0 Å². The lowest BCUT2D eigenvalue weighted by Crippen LogP contribution is -2.34. The lowest BCUT2D eigenvalue weighted by Gasteiger charge is -2.21. The SMILES string of the molecule is CC(O)CCN(C)CC(O)COc1ccccc1C(N)=S. The quantitative estimate of drug-likeness (QED) is 0.584. The van der Waals surface area contributed by atoms with Crippen LogP contribution in [-0.4, -0.2) is 59.1 Å². The van der Waals surface area contributed by atoms with Crippen molar-refractivity contribution in [3.63, 3.8) is 0 Å². The number of hydrogen-bond donors (Lipinski definition) is 3. The third-order valence-electron chi connectivity index (χ3n) is 3.03. The van der Waals surface area contributed by atoms with Gasteiger partial charge in [0, 0.05) is 13.1 Å². The van der Waals surface area contributed by atoms with Gasteiger partial charge in [-0.2, -0.15) is 0 Å². The molecule has 0 aliphatic carbocycles. The maximum atomic E-state index is 9.98. The first-order chi connectivity index (χ1) is 9.90. The number of thiocarbonyl (C=S) groups is 1. The van der Waals surface area contributed by atoms with E-state index in [1.807, 2.05) is 24.1 Å². The van der Waals surface area contributed by atoms with Crippen LogP contribution in [0.1, 0.15) is 18.9 Å². The van der Waals surface area contributed by atoms with Gasteiger partial charge in [-0.15, -0.1) is 0 Å². The summed E-state index contributed by atoms with van der Waals surface area (Å²) in [6, 6.07) is 7.23. The van der Waals surface area contributed by atoms with E-state index >= 15 is 0 Å². The van der Waals surface area contributed by atoms with E-state index in [0.717, 1.165) is 6.54 Å². The maximum Gasteiger partial charge on any atom is 0.129 e. The first-order valence-electron chi connectivity index (χ1n) is 6.96. The molecule has 0 aromatic heterocycles. The van der Waals surface area contributed by atoms with Gasteiger partial charge in [-0.25, -0.2) is 0 Å². The van der Waals surface area contributed by atoms with E-state index in [-0.39, 0.29) is 17.7 Å². The minimum atomic E-state index is -0.622. The highest BCUT2D eigenvalue weighted by molar-refractivity contribution is 7.80. The van der Waals surface area contributed by atoms with Crippen LogP contribution in [0.25, 0.3) is 0 Å². The summed E-state index contributed by atoms with van der Waals surface area (Å²) in [5.41, 5.74) is 6.30. The summed E-state index contributed by atoms with van der Waals surface area (Å²) in [4.78, 5) is 2.23. The summed E-state index contributed by atoms with van der Waals surface area (Å²) < 4.78 is 5.59. The Bertz CT molecular complexity index is 454. The molecule has 6 heteroatoms. The Hall–Kier alpha value is -1.21. The van der Waals surface area contributed by atoms with Gasteiger partial charge in [0.15, 0.2) is 0 Å². The number of ether oxygens (including phenoxy) is 1. The molecule has 0 heterocycles. The van der Waals surface area contributed by atoms with Gasteiger partial charge in [0.2, 0.25) is 0 Å². The Balaban J connectivity index is 2.43. The summed E-state index contributed by atoms with van der Waals surface area (Å²) in [6.45, 7) is 3.11. The molecule has 5 nitrogen and oxygen atoms in total. The van der Waals surface area contributed by atoms with Crippen molar-refractivity contribution in [2.75, 3.05) is 26.7 Å². The molecule has 0 aliphatic heterocycles. The molecule has 0 radical (unpaired) electrons. The fraction of sp³-hybridized carbons (Fsp3) is 0.533. The third kappa shape index (κ3) is 6.86. The predicted octanol–water partition coefficient (Wildman–Crippen LogP) is 0.763. The highest BCUT2D eigenvalue weighted by atomic mass is 32.1. The minimum Gasteiger partial charge on any atom is -0.490 e. The molecule has 0 aliphatic rings. The molecule has 1 aromatic carbocycles. The number of nitrogens with two attached hydrogens (primary N) is 1. The van der Waals surface area contributed by atoms with Gasteiger partial charge < -0.3 is 25.6 Å². The normalized spacial score (nSPS) is 14.0. The summed E-state index contributed by atoms with van der Waals surface area (Å²) in [5, 5.41) is 19.2. The number of para-hydroxylation sites is 1. The molecule has 0 fully saturated rings. The molecular formula is C15H24N2O3S. The Morgan fingerprint density at radius 3 is 2.67 bits per heavy atom. The average molecular weight is 312 g/mol. The highest BCUT2D eigenvalue weighted by Gasteiger charge is 2.12. The Morgan fingerprint density at radius 1 is 1.38 bits per heavy atom. The van der Waals surface area contributed by atoms with Crippen molar-refractivity contribution in [2.24, 2.45) is 5.73 Å². The van der Waals surface area contributed by atoms with Crippen molar-refractivity contribution in [3.05, 3.63) is 29.8 Å². The van der Waals surface area contributed by atoms with Crippen LogP contribution in [0.4, 0.5) is 0 Å². The number of likely N-dealkylation sites (N-methyl/N-ethyl adjacent to an activating group) is 1. The van der Waals surface area contributed by atoms with E-state index < -0.39 is 6.10 Å². The van der Waals surface area contributed by atoms with Crippen LogP contribution >= 0.6 is 12.2 Å². The van der Waals surface area contributed by atoms with E-state index in [2.05, 4.69) is 0 Å². The van der Waals surface area contributed by atoms with Gasteiger partial charge in [0.1, 0.15) is 23.4 Å². The Labute approximate surface area is 131 Å². The van der Waals surface area contributed by atoms with Crippen molar-refractivity contribution in [1.82, 2.24) is 4.90 Å². The van der Waals surface area contributed by atoms with Crippen LogP contribution in [0.15, 0.2) is 24.3 Å². The molecule has 0 spiro atoms. The number of nitrogens with zero attached hydrogens (tertiary/aromatic N) is 1. The van der Waals surface area contributed by atoms with Gasteiger partial charge in [0.05, 0.1) is 11.7 Å². The van der Waals surface area contributed by atoms with Crippen molar-refractivity contribution >= 4 is 17.2 Å². The van der Waals surface area contributed by atoms with E-state index in [1.165, 1.54) is 0 Å². The predicted molar refractivity (Wildman–Crippen MR) is 87.6 cm³/mol. The van der Waals surface area contributed by atoms with E-state index in [0.29, 0.717) is 24.3 Å². The van der Waals surface area contributed by atoms with Gasteiger partial charge in [-0.1, -0.05) is 24.4 Å². The largest absolute Gasteiger partial charge is 0.490 e. The second-order valence-electron chi connectivity index (χ2n) is 5.23. The smallest absolute Gasteiger partial charge is 0.129 e. The van der Waals surface area contributed by atoms with Gasteiger partial charge in [-0.3, -0.25) is 0 Å². The van der Waals surface area contributed by atoms with E-state index in [4.69, 9.17) is 22.7 Å². The molecule has 21 heavy (non-hydrogen) atoms. The van der Waals surface area contributed by atoms with Crippen LogP contribution in [0, 0.1) is 0 Å². The molecule has 2 unspecified atom stereocenters. The zero-order valence-electron chi connectivity index (χ0n) is 12.5. The third-order valence-corrected chi connectivity index (χ3v) is 3.25. The molecule has 0 saturated heterocycles. The van der Waals surface area contributed by atoms with E-state index in [9.17, 15) is 10.2 Å². The van der Waals surface area contributed by atoms with Crippen LogP contribution in [0.3, 0.4) is 0 Å². The van der Waals surface area contributed by atoms with Crippen molar-refractivity contribution in [2.45, 2.75) is 25.6 Å². The van der Waals surface area contributed by atoms with Crippen LogP contribution < -0.4 is 10.5 Å². The van der Waals surface area contributed by atoms with Gasteiger partial charge in [-0.05, 0) is 32.5 Å². The summed E-state index contributed by atoms with van der Waals surface area (Å²) in [6.07, 6.45) is -0.282. The monoisotopic (exact) mass is 312 g/mol. The molecule has 1 aromatic rings. The molecule has 1 rings (SSSR count). The van der Waals surface area contributed by atoms with Gasteiger partial charge >= 0.3 is 0 Å². The molecule has 0 amide bonds. The van der Waals surface area contributed by atoms with Gasteiger partial charge in [0.25, 0.3) is 0 Å². The van der Waals surface area contributed by atoms with Crippen LogP contribution in [-0.2, 0) is 0 Å². The molecule has 0 bridgehead atoms. The maximum absolute atomic E-state index is 9.98. The average Bonchev–Trinajstić information content (AvgIpc) is 2.43. The Kier molecular flexibility index (Phi) is 7.60. The number of aliphatic hydroxyl groups excluding tert-OH is 2. The summed E-state index contributed by atoms with van der Waals surface area (Å²) in [5.74, 6) is 0.579. The van der Waals surface area contributed by atoms with Crippen molar-refractivity contribution in [1.29, 1.82) is 0 Å². The second-order valence-corrected chi connectivity index (χ2v) is 5.67. The van der Waals surface area contributed by atoms with Crippen LogP contribution in [0.5, 0.6) is 5.75 Å². The first-order valence-corrected chi connectivity index (χ1v) is 7.37. The summed E-state index contributed by atoms with van der Waals surface area (Å²) >= 11 is 4.96. The van der Waals surface area contributed by atoms with E-state index in [1.54, 1.807) is 19.1 Å². The van der Waals surface area contributed by atoms with Crippen molar-refractivity contribution < 1.29 is 14.9 Å². The number of aliphatic hydroxyl groups is 2. The lowest BCUT2D eigenvalue weighted by molar-refractivity contribution is 0.0708. The topological polar surface area (TPSA) is 79.0 Å². The number of benzene rings is 1. The fourth-order valence-corrected chi connectivity index (χ4v) is 2.06. The molecule has 118 valence electrons. The standard InChI is InChI=1S/C15H24N2O3S/c1-11(18)7-8-17(2)9-12(19)10-20-14-6-4-3-5-13(14)15(16)21/h3-6,11-12,18-19H,7-10H2,1-2H3,(H2,16,21). The first kappa shape index (κ1) is 17.8. The minimum absolute atomic E-state index is 0.165. The molecule has 0 saturated carbocycles. The zero-order chi connectivity index (χ0) is 15.8. The molecular weight excluding hydrogens is 288 g/mol. The second kappa shape index (κ2) is 8.94. The number of rotatable bonds is 9. The summed E-state index contributed by atoms with van der Waals surface area (Å²) in [7, 11) is 1.90. The molecule has 2 atom stereocenters. The molecule has 4 N–H and O–H groups in total. The fourth-order valence-electron chi connectivity index (χ4n) is 1.89.